The van der Waals surface area contributed by atoms with Gasteiger partial charge in [-0.1, -0.05) is 60.7 Å². The molecule has 2 atom stereocenters. The van der Waals surface area contributed by atoms with Crippen molar-refractivity contribution in [2.24, 2.45) is 0 Å². The monoisotopic (exact) mass is 345 g/mol. The molecule has 1 fully saturated rings. The maximum absolute atomic E-state index is 11.6. The number of rotatable bonds is 5. The minimum absolute atomic E-state index is 0.0161. The zero-order valence-corrected chi connectivity index (χ0v) is 15.0. The fraction of sp³-hybridized carbons (Fsp3) is 0.368. The smallest absolute Gasteiger partial charge is 0.265 e. The van der Waals surface area contributed by atoms with Crippen molar-refractivity contribution in [3.05, 3.63) is 71.8 Å². The van der Waals surface area contributed by atoms with E-state index >= 15 is 0 Å². The first-order valence-electron chi connectivity index (χ1n) is 8.06. The van der Waals surface area contributed by atoms with Gasteiger partial charge in [0.15, 0.2) is 0 Å². The molecule has 0 aliphatic carbocycles. The SMILES string of the molecule is C[C@H]1N(C(c2ccccc2)c2ccccc2)C[C@]1(C)OS(C)(=O)=O. The summed E-state index contributed by atoms with van der Waals surface area (Å²) in [6, 6.07) is 20.6. The maximum atomic E-state index is 11.6. The van der Waals surface area contributed by atoms with Gasteiger partial charge in [0.25, 0.3) is 10.1 Å². The van der Waals surface area contributed by atoms with Crippen molar-refractivity contribution in [1.29, 1.82) is 0 Å². The quantitative estimate of drug-likeness (QED) is 0.781. The van der Waals surface area contributed by atoms with Crippen molar-refractivity contribution >= 4 is 10.1 Å². The molecule has 1 heterocycles. The molecule has 0 bridgehead atoms. The number of hydrogen-bond acceptors (Lipinski definition) is 4. The molecule has 0 N–H and O–H groups in total. The molecule has 0 amide bonds. The van der Waals surface area contributed by atoms with Crippen LogP contribution in [-0.4, -0.2) is 37.8 Å². The van der Waals surface area contributed by atoms with Gasteiger partial charge in [0.05, 0.1) is 12.3 Å². The summed E-state index contributed by atoms with van der Waals surface area (Å²) in [7, 11) is -3.48. The standard InChI is InChI=1S/C19H23NO3S/c1-15-19(2,23-24(3,21)22)14-20(15)18(16-10-6-4-7-11-16)17-12-8-5-9-13-17/h4-13,15,18H,14H2,1-3H3/t15-,19+/m1/s1. The van der Waals surface area contributed by atoms with Crippen molar-refractivity contribution in [2.45, 2.75) is 31.5 Å². The summed E-state index contributed by atoms with van der Waals surface area (Å²) in [5, 5.41) is 0. The van der Waals surface area contributed by atoms with Gasteiger partial charge in [-0.25, -0.2) is 0 Å². The third-order valence-corrected chi connectivity index (χ3v) is 5.47. The predicted molar refractivity (Wildman–Crippen MR) is 95.2 cm³/mol. The molecule has 5 heteroatoms. The summed E-state index contributed by atoms with van der Waals surface area (Å²) >= 11 is 0. The van der Waals surface area contributed by atoms with Gasteiger partial charge in [-0.2, -0.15) is 8.42 Å². The molecule has 2 aromatic rings. The van der Waals surface area contributed by atoms with E-state index in [1.807, 2.05) is 50.2 Å². The largest absolute Gasteiger partial charge is 0.284 e. The molecule has 0 radical (unpaired) electrons. The molecule has 0 spiro atoms. The molecule has 0 aromatic heterocycles. The summed E-state index contributed by atoms with van der Waals surface area (Å²) in [4.78, 5) is 2.29. The highest BCUT2D eigenvalue weighted by atomic mass is 32.2. The average Bonchev–Trinajstić information content (AvgIpc) is 2.55. The number of benzene rings is 2. The highest BCUT2D eigenvalue weighted by Crippen LogP contribution is 2.42. The van der Waals surface area contributed by atoms with Gasteiger partial charge in [0.1, 0.15) is 5.60 Å². The van der Waals surface area contributed by atoms with Crippen molar-refractivity contribution in [2.75, 3.05) is 12.8 Å². The summed E-state index contributed by atoms with van der Waals surface area (Å²) in [6.45, 7) is 4.45. The molecular weight excluding hydrogens is 322 g/mol. The van der Waals surface area contributed by atoms with Crippen LogP contribution in [0.5, 0.6) is 0 Å². The van der Waals surface area contributed by atoms with Crippen LogP contribution in [0.3, 0.4) is 0 Å². The molecule has 0 saturated carbocycles. The Kier molecular flexibility index (Phi) is 4.51. The Morgan fingerprint density at radius 2 is 1.50 bits per heavy atom. The third kappa shape index (κ3) is 3.38. The van der Waals surface area contributed by atoms with Crippen LogP contribution in [0, 0.1) is 0 Å². The highest BCUT2D eigenvalue weighted by Gasteiger charge is 2.52. The van der Waals surface area contributed by atoms with Crippen molar-refractivity contribution in [3.63, 3.8) is 0 Å². The fourth-order valence-electron chi connectivity index (χ4n) is 3.47. The van der Waals surface area contributed by atoms with E-state index in [2.05, 4.69) is 29.2 Å². The lowest BCUT2D eigenvalue weighted by atomic mass is 9.82. The summed E-state index contributed by atoms with van der Waals surface area (Å²) in [6.07, 6.45) is 1.11. The van der Waals surface area contributed by atoms with E-state index < -0.39 is 15.7 Å². The second-order valence-corrected chi connectivity index (χ2v) is 8.25. The highest BCUT2D eigenvalue weighted by molar-refractivity contribution is 7.86. The summed E-state index contributed by atoms with van der Waals surface area (Å²) in [5.41, 5.74) is 1.70. The molecule has 1 saturated heterocycles. The molecule has 4 nitrogen and oxygen atoms in total. The zero-order chi connectivity index (χ0) is 17.4. The topological polar surface area (TPSA) is 46.6 Å². The van der Waals surface area contributed by atoms with Crippen LogP contribution in [-0.2, 0) is 14.3 Å². The fourth-order valence-corrected chi connectivity index (χ4v) is 4.36. The van der Waals surface area contributed by atoms with Crippen LogP contribution >= 0.6 is 0 Å². The van der Waals surface area contributed by atoms with Gasteiger partial charge in [0, 0.05) is 12.6 Å². The minimum Gasteiger partial charge on any atom is -0.284 e. The van der Waals surface area contributed by atoms with Gasteiger partial charge in [-0.15, -0.1) is 0 Å². The first-order chi connectivity index (χ1) is 11.3. The molecule has 24 heavy (non-hydrogen) atoms. The average molecular weight is 345 g/mol. The third-order valence-electron chi connectivity index (χ3n) is 4.78. The first kappa shape index (κ1) is 17.1. The van der Waals surface area contributed by atoms with Crippen molar-refractivity contribution in [1.82, 2.24) is 4.90 Å². The molecule has 1 aliphatic heterocycles. The van der Waals surface area contributed by atoms with Crippen LogP contribution in [0.25, 0.3) is 0 Å². The molecule has 128 valence electrons. The molecular formula is C19H23NO3S. The van der Waals surface area contributed by atoms with Crippen LogP contribution in [0.1, 0.15) is 31.0 Å². The summed E-state index contributed by atoms with van der Waals surface area (Å²) < 4.78 is 28.5. The Labute approximate surface area is 144 Å². The Morgan fingerprint density at radius 1 is 1.04 bits per heavy atom. The Hall–Kier alpha value is -1.69. The van der Waals surface area contributed by atoms with Gasteiger partial charge in [0.2, 0.25) is 0 Å². The van der Waals surface area contributed by atoms with Crippen LogP contribution in [0.4, 0.5) is 0 Å². The zero-order valence-electron chi connectivity index (χ0n) is 14.2. The Balaban J connectivity index is 1.92. The molecule has 1 aliphatic rings. The second kappa shape index (κ2) is 6.31. The second-order valence-electron chi connectivity index (χ2n) is 6.67. The molecule has 0 unspecified atom stereocenters. The van der Waals surface area contributed by atoms with Crippen LogP contribution < -0.4 is 0 Å². The van der Waals surface area contributed by atoms with Gasteiger partial charge in [-0.05, 0) is 25.0 Å². The molecule has 2 aromatic carbocycles. The lowest BCUT2D eigenvalue weighted by Crippen LogP contribution is -2.69. The van der Waals surface area contributed by atoms with Crippen LogP contribution in [0.2, 0.25) is 0 Å². The van der Waals surface area contributed by atoms with Gasteiger partial charge >= 0.3 is 0 Å². The minimum atomic E-state index is -3.48. The van der Waals surface area contributed by atoms with Gasteiger partial charge in [-0.3, -0.25) is 9.08 Å². The first-order valence-corrected chi connectivity index (χ1v) is 9.88. The van der Waals surface area contributed by atoms with Gasteiger partial charge < -0.3 is 0 Å². The van der Waals surface area contributed by atoms with Crippen LogP contribution in [0.15, 0.2) is 60.7 Å². The van der Waals surface area contributed by atoms with E-state index in [9.17, 15) is 8.42 Å². The lowest BCUT2D eigenvalue weighted by molar-refractivity contribution is -0.124. The lowest BCUT2D eigenvalue weighted by Gasteiger charge is -2.56. The van der Waals surface area contributed by atoms with E-state index in [-0.39, 0.29) is 12.1 Å². The Bertz CT molecular complexity index is 752. The molecule has 3 rings (SSSR count). The number of likely N-dealkylation sites (tertiary alicyclic amines) is 1. The Morgan fingerprint density at radius 3 is 1.88 bits per heavy atom. The number of hydrogen-bond donors (Lipinski definition) is 0. The summed E-state index contributed by atoms with van der Waals surface area (Å²) in [5.74, 6) is 0. The normalized spacial score (nSPS) is 24.8. The van der Waals surface area contributed by atoms with Crippen molar-refractivity contribution < 1.29 is 12.6 Å². The van der Waals surface area contributed by atoms with E-state index in [1.54, 1.807) is 0 Å². The predicted octanol–water partition coefficient (Wildman–Crippen LogP) is 3.22. The van der Waals surface area contributed by atoms with E-state index in [4.69, 9.17) is 4.18 Å². The van der Waals surface area contributed by atoms with E-state index in [0.717, 1.165) is 6.26 Å². The van der Waals surface area contributed by atoms with E-state index in [0.29, 0.717) is 6.54 Å². The van der Waals surface area contributed by atoms with E-state index in [1.165, 1.54) is 11.1 Å². The number of nitrogens with zero attached hydrogens (tertiary/aromatic N) is 1. The maximum Gasteiger partial charge on any atom is 0.265 e. The van der Waals surface area contributed by atoms with Crippen molar-refractivity contribution in [3.8, 4) is 0 Å².